The van der Waals surface area contributed by atoms with Crippen molar-refractivity contribution in [2.45, 2.75) is 13.3 Å². The van der Waals surface area contributed by atoms with E-state index in [1.165, 1.54) is 51.5 Å². The van der Waals surface area contributed by atoms with Crippen LogP contribution in [0.15, 0.2) is 132 Å². The number of benzene rings is 3. The topological polar surface area (TPSA) is 43.9 Å². The maximum Gasteiger partial charge on any atom is 0.265 e. The zero-order chi connectivity index (χ0) is 40.1. The molecule has 2 saturated heterocycles. The number of likely N-dealkylation sites (N-methyl/N-ethyl adjacent to an activating group) is 2. The van der Waals surface area contributed by atoms with Crippen molar-refractivity contribution in [2.75, 3.05) is 19.0 Å². The van der Waals surface area contributed by atoms with Crippen molar-refractivity contribution in [3.8, 4) is 40.4 Å². The van der Waals surface area contributed by atoms with E-state index in [0.717, 1.165) is 43.5 Å². The number of nitrogens with zero attached hydrogens (tertiary/aromatic N) is 3. The van der Waals surface area contributed by atoms with Crippen LogP contribution in [0.1, 0.15) is 21.7 Å². The largest absolute Gasteiger partial charge is 0.311 e. The molecular weight excluding hydrogens is 851 g/mol. The molecule has 3 aromatic carbocycles. The smallest absolute Gasteiger partial charge is 0.265 e. The van der Waals surface area contributed by atoms with E-state index < -0.39 is 0 Å². The van der Waals surface area contributed by atoms with Crippen LogP contribution in [-0.2, 0) is 9.59 Å². The molecule has 7 aromatic rings. The number of carbonyl (C=O) groups is 2. The number of hydrogen-bond donors (Lipinski definition) is 0. The van der Waals surface area contributed by atoms with Gasteiger partial charge in [-0.2, -0.15) is 0 Å². The Bertz CT molecular complexity index is 2630. The lowest BCUT2D eigenvalue weighted by molar-refractivity contribution is -0.122. The summed E-state index contributed by atoms with van der Waals surface area (Å²) < 4.78 is 0.588. The molecule has 6 heterocycles. The second-order valence-corrected chi connectivity index (χ2v) is 20.4. The lowest BCUT2D eigenvalue weighted by Crippen LogP contribution is -2.22. The lowest BCUT2D eigenvalue weighted by Gasteiger charge is -2.26. The van der Waals surface area contributed by atoms with Crippen LogP contribution >= 0.6 is 81.5 Å². The van der Waals surface area contributed by atoms with E-state index in [1.807, 2.05) is 12.2 Å². The normalized spacial score (nSPS) is 15.8. The Labute approximate surface area is 368 Å². The van der Waals surface area contributed by atoms with Gasteiger partial charge in [-0.15, -0.1) is 45.3 Å². The van der Waals surface area contributed by atoms with Crippen LogP contribution in [0.4, 0.5) is 17.1 Å². The van der Waals surface area contributed by atoms with Gasteiger partial charge in [-0.3, -0.25) is 14.5 Å². The first-order valence-electron chi connectivity index (χ1n) is 18.3. The molecule has 0 unspecified atom stereocenters. The molecule has 4 aromatic heterocycles. The van der Waals surface area contributed by atoms with Gasteiger partial charge in [-0.05, 0) is 115 Å². The third-order valence-electron chi connectivity index (χ3n) is 9.93. The van der Waals surface area contributed by atoms with Gasteiger partial charge in [0, 0.05) is 82.2 Å². The Morgan fingerprint density at radius 2 is 0.983 bits per heavy atom. The second-order valence-electron chi connectivity index (χ2n) is 13.8. The van der Waals surface area contributed by atoms with Crippen molar-refractivity contribution in [3.05, 3.63) is 147 Å². The fraction of sp³-hybridized carbons (Fsp3) is 0.0870. The Morgan fingerprint density at radius 3 is 1.45 bits per heavy atom. The Kier molecular flexibility index (Phi) is 10.7. The highest BCUT2D eigenvalue weighted by atomic mass is 32.2. The van der Waals surface area contributed by atoms with E-state index >= 15 is 0 Å². The summed E-state index contributed by atoms with van der Waals surface area (Å²) in [4.78, 5) is 41.0. The molecule has 0 aliphatic carbocycles. The van der Waals surface area contributed by atoms with Crippen LogP contribution in [0.5, 0.6) is 0 Å². The number of hydrogen-bond acceptors (Lipinski definition) is 10. The van der Waals surface area contributed by atoms with Gasteiger partial charge in [0.25, 0.3) is 11.8 Å². The number of rotatable bonds is 9. The maximum absolute atomic E-state index is 12.5. The average Bonchev–Trinajstić information content (AvgIpc) is 4.11. The molecule has 2 amide bonds. The third kappa shape index (κ3) is 7.73. The number of likely N-dealkylation sites (tertiary alicyclic amines) is 1. The first kappa shape index (κ1) is 38.7. The summed E-state index contributed by atoms with van der Waals surface area (Å²) in [6.07, 6.45) is 4.44. The Hall–Kier alpha value is -4.79. The molecule has 0 saturated carbocycles. The van der Waals surface area contributed by atoms with Crippen LogP contribution in [0.3, 0.4) is 0 Å². The number of carbonyl (C=O) groups excluding carboxylic acids is 2. The zero-order valence-corrected chi connectivity index (χ0v) is 37.1. The molecular formula is C46H33N3O2S7. The predicted molar refractivity (Wildman–Crippen MR) is 258 cm³/mol. The quantitative estimate of drug-likeness (QED) is 0.106. The number of amides is 2. The first-order chi connectivity index (χ1) is 28.1. The van der Waals surface area contributed by atoms with Gasteiger partial charge in [0.15, 0.2) is 0 Å². The summed E-state index contributed by atoms with van der Waals surface area (Å²) in [6, 6.07) is 43.4. The summed E-state index contributed by atoms with van der Waals surface area (Å²) in [5.74, 6) is -0.0538. The highest BCUT2D eigenvalue weighted by molar-refractivity contribution is 8.26. The minimum absolute atomic E-state index is 0.00862. The number of anilines is 3. The standard InChI is InChI=1S/C46H33N3O2S7/c1-27-4-10-31(11-5-27)49(32-12-6-28(7-13-32)36-20-22-40(56-36)38-18-16-34(54-38)24-30-25-43(52)47(2)44(30)50)33-14-8-29(9-15-33)37-21-23-41(57-37)39-19-17-35(55-39)26-42-45(51)48(3)46(53)58-42/h4-24,26H,25H2,1-3H3/b30-24-,42-26-. The summed E-state index contributed by atoms with van der Waals surface area (Å²) in [5.41, 5.74) is 7.53. The van der Waals surface area contributed by atoms with Crippen LogP contribution in [0.25, 0.3) is 52.5 Å². The number of thiocarbonyl (C=S) groups is 2. The number of thioether (sulfide) groups is 1. The highest BCUT2D eigenvalue weighted by Gasteiger charge is 2.29. The third-order valence-corrected chi connectivity index (χ3v) is 16.6. The van der Waals surface area contributed by atoms with Gasteiger partial charge in [0.2, 0.25) is 0 Å². The van der Waals surface area contributed by atoms with Crippen molar-refractivity contribution in [1.29, 1.82) is 0 Å². The molecule has 2 aliphatic rings. The summed E-state index contributed by atoms with van der Waals surface area (Å²) in [7, 11) is 3.46. The molecule has 58 heavy (non-hydrogen) atoms. The molecule has 286 valence electrons. The van der Waals surface area contributed by atoms with Crippen LogP contribution < -0.4 is 4.90 Å². The van der Waals surface area contributed by atoms with E-state index in [1.54, 1.807) is 64.3 Å². The van der Waals surface area contributed by atoms with Crippen LogP contribution in [-0.4, -0.2) is 45.0 Å². The minimum Gasteiger partial charge on any atom is -0.311 e. The van der Waals surface area contributed by atoms with Crippen molar-refractivity contribution in [1.82, 2.24) is 9.80 Å². The van der Waals surface area contributed by atoms with Gasteiger partial charge in [0.1, 0.15) is 4.32 Å². The molecule has 5 nitrogen and oxygen atoms in total. The highest BCUT2D eigenvalue weighted by Crippen LogP contribution is 2.43. The van der Waals surface area contributed by atoms with Gasteiger partial charge in [0.05, 0.1) is 9.89 Å². The molecule has 2 fully saturated rings. The second kappa shape index (κ2) is 16.1. The van der Waals surface area contributed by atoms with Crippen LogP contribution in [0, 0.1) is 6.92 Å². The molecule has 0 atom stereocenters. The van der Waals surface area contributed by atoms with Gasteiger partial charge >= 0.3 is 0 Å². The summed E-state index contributed by atoms with van der Waals surface area (Å²) >= 11 is 18.9. The van der Waals surface area contributed by atoms with Crippen LogP contribution in [0.2, 0.25) is 0 Å². The lowest BCUT2D eigenvalue weighted by atomic mass is 10.1. The molecule has 0 N–H and O–H groups in total. The Morgan fingerprint density at radius 1 is 0.534 bits per heavy atom. The number of aryl methyl sites for hydroxylation is 1. The van der Waals surface area contributed by atoms with Gasteiger partial charge in [-0.1, -0.05) is 78.2 Å². The maximum atomic E-state index is 12.5. The monoisotopic (exact) mass is 883 g/mol. The molecule has 2 aliphatic heterocycles. The Balaban J connectivity index is 0.931. The summed E-state index contributed by atoms with van der Waals surface area (Å²) in [5, 5.41) is 0. The van der Waals surface area contributed by atoms with Crippen molar-refractivity contribution in [2.24, 2.45) is 0 Å². The fourth-order valence-electron chi connectivity index (χ4n) is 6.71. The first-order valence-corrected chi connectivity index (χ1v) is 23.2. The zero-order valence-electron chi connectivity index (χ0n) is 31.4. The van der Waals surface area contributed by atoms with Crippen molar-refractivity contribution < 1.29 is 9.59 Å². The molecule has 12 heteroatoms. The minimum atomic E-state index is -0.0452. The van der Waals surface area contributed by atoms with E-state index in [2.05, 4.69) is 133 Å². The average molecular weight is 884 g/mol. The van der Waals surface area contributed by atoms with Gasteiger partial charge < -0.3 is 9.80 Å². The predicted octanol–water partition coefficient (Wildman–Crippen LogP) is 13.8. The molecule has 0 bridgehead atoms. The van der Waals surface area contributed by atoms with Crippen molar-refractivity contribution >= 4 is 132 Å². The molecule has 0 radical (unpaired) electrons. The fourth-order valence-corrected chi connectivity index (χ4v) is 12.3. The van der Waals surface area contributed by atoms with E-state index in [-0.39, 0.29) is 11.8 Å². The summed E-state index contributed by atoms with van der Waals surface area (Å²) in [6.45, 7) is 2.11. The molecule has 0 spiro atoms. The van der Waals surface area contributed by atoms with E-state index in [0.29, 0.717) is 20.6 Å². The van der Waals surface area contributed by atoms with Gasteiger partial charge in [-0.25, -0.2) is 0 Å². The number of thiophene rings is 4. The SMILES string of the molecule is Cc1ccc(N(c2ccc(-c3ccc(-c4ccc(/C=C5/CC(=S)N(C)C5=O)s4)s3)cc2)c2ccc(-c3ccc(-c4ccc(/C=C5\SC(=S)N(C)C5=O)s4)s3)cc2)cc1. The van der Waals surface area contributed by atoms with Crippen molar-refractivity contribution in [3.63, 3.8) is 0 Å². The molecule has 9 rings (SSSR count). The van der Waals surface area contributed by atoms with E-state index in [9.17, 15) is 9.59 Å². The van der Waals surface area contributed by atoms with E-state index in [4.69, 9.17) is 24.4 Å².